The summed E-state index contributed by atoms with van der Waals surface area (Å²) >= 11 is 0. The maximum absolute atomic E-state index is 12.2. The molecule has 3 rings (SSSR count). The van der Waals surface area contributed by atoms with Crippen LogP contribution in [0.1, 0.15) is 5.69 Å². The van der Waals surface area contributed by atoms with E-state index >= 15 is 0 Å². The topological polar surface area (TPSA) is 65.5 Å². The lowest BCUT2D eigenvalue weighted by Crippen LogP contribution is -2.47. The van der Waals surface area contributed by atoms with E-state index in [0.29, 0.717) is 4.90 Å². The largest absolute Gasteiger partial charge is 0.367 e. The van der Waals surface area contributed by atoms with E-state index in [1.807, 2.05) is 37.3 Å². The molecule has 0 atom stereocenters. The first kappa shape index (κ1) is 16.7. The van der Waals surface area contributed by atoms with Crippen LogP contribution in [0.5, 0.6) is 0 Å². The average Bonchev–Trinajstić information content (AvgIpc) is 2.62. The van der Waals surface area contributed by atoms with Crippen LogP contribution in [0, 0.1) is 6.92 Å². The fourth-order valence-electron chi connectivity index (χ4n) is 2.94. The van der Waals surface area contributed by atoms with E-state index in [-0.39, 0.29) is 0 Å². The third-order valence-corrected chi connectivity index (χ3v) is 5.70. The Morgan fingerprint density at radius 1 is 0.958 bits per heavy atom. The summed E-state index contributed by atoms with van der Waals surface area (Å²) in [5.41, 5.74) is 1.75. The molecule has 7 heteroatoms. The molecule has 2 heterocycles. The van der Waals surface area contributed by atoms with Gasteiger partial charge < -0.3 is 9.80 Å². The van der Waals surface area contributed by atoms with Gasteiger partial charge in [0.15, 0.2) is 0 Å². The highest BCUT2D eigenvalue weighted by Crippen LogP contribution is 2.26. The van der Waals surface area contributed by atoms with Crippen LogP contribution >= 0.6 is 0 Å². The molecule has 24 heavy (non-hydrogen) atoms. The SMILES string of the molecule is CNS(=O)(=O)c1ccccc1N1CCN(c2cccc(C)n2)CC1. The normalized spacial score (nSPS) is 15.6. The highest BCUT2D eigenvalue weighted by Gasteiger charge is 2.24. The van der Waals surface area contributed by atoms with Gasteiger partial charge in [-0.2, -0.15) is 0 Å². The lowest BCUT2D eigenvalue weighted by Gasteiger charge is -2.37. The van der Waals surface area contributed by atoms with Gasteiger partial charge in [-0.1, -0.05) is 18.2 Å². The van der Waals surface area contributed by atoms with E-state index in [4.69, 9.17) is 0 Å². The summed E-state index contributed by atoms with van der Waals surface area (Å²) in [6.45, 7) is 5.12. The highest BCUT2D eigenvalue weighted by atomic mass is 32.2. The number of sulfonamides is 1. The van der Waals surface area contributed by atoms with Crippen molar-refractivity contribution in [3.63, 3.8) is 0 Å². The maximum atomic E-state index is 12.2. The van der Waals surface area contributed by atoms with Crippen molar-refractivity contribution in [1.82, 2.24) is 9.71 Å². The number of anilines is 2. The van der Waals surface area contributed by atoms with Crippen molar-refractivity contribution in [2.24, 2.45) is 0 Å². The standard InChI is InChI=1S/C17H22N4O2S/c1-14-6-5-9-17(19-14)21-12-10-20(11-13-21)15-7-3-4-8-16(15)24(22,23)18-2/h3-9,18H,10-13H2,1-2H3. The summed E-state index contributed by atoms with van der Waals surface area (Å²) < 4.78 is 26.9. The van der Waals surface area contributed by atoms with Crippen LogP contribution in [0.2, 0.25) is 0 Å². The quantitative estimate of drug-likeness (QED) is 0.911. The van der Waals surface area contributed by atoms with Crippen molar-refractivity contribution >= 4 is 21.5 Å². The van der Waals surface area contributed by atoms with Crippen molar-refractivity contribution in [2.75, 3.05) is 43.0 Å². The minimum absolute atomic E-state index is 0.328. The molecule has 1 aliphatic rings. The number of aromatic nitrogens is 1. The van der Waals surface area contributed by atoms with Crippen molar-refractivity contribution in [2.45, 2.75) is 11.8 Å². The second-order valence-corrected chi connectivity index (χ2v) is 7.64. The number of hydrogen-bond acceptors (Lipinski definition) is 5. The van der Waals surface area contributed by atoms with Gasteiger partial charge in [-0.25, -0.2) is 18.1 Å². The van der Waals surface area contributed by atoms with Gasteiger partial charge in [0.1, 0.15) is 10.7 Å². The maximum Gasteiger partial charge on any atom is 0.242 e. The van der Waals surface area contributed by atoms with Crippen LogP contribution in [-0.4, -0.2) is 46.6 Å². The summed E-state index contributed by atoms with van der Waals surface area (Å²) in [6, 6.07) is 13.2. The summed E-state index contributed by atoms with van der Waals surface area (Å²) in [5, 5.41) is 0. The molecular weight excluding hydrogens is 324 g/mol. The van der Waals surface area contributed by atoms with E-state index in [0.717, 1.165) is 43.4 Å². The van der Waals surface area contributed by atoms with Crippen molar-refractivity contribution in [1.29, 1.82) is 0 Å². The van der Waals surface area contributed by atoms with Gasteiger partial charge in [0.25, 0.3) is 0 Å². The van der Waals surface area contributed by atoms with Gasteiger partial charge in [-0.3, -0.25) is 0 Å². The molecule has 0 aliphatic carbocycles. The van der Waals surface area contributed by atoms with Gasteiger partial charge in [0.05, 0.1) is 5.69 Å². The molecular formula is C17H22N4O2S. The lowest BCUT2D eigenvalue weighted by molar-refractivity contribution is 0.586. The summed E-state index contributed by atoms with van der Waals surface area (Å²) in [5.74, 6) is 0.978. The molecule has 0 saturated carbocycles. The third kappa shape index (κ3) is 3.37. The Morgan fingerprint density at radius 3 is 2.29 bits per heavy atom. The van der Waals surface area contributed by atoms with Crippen LogP contribution in [0.15, 0.2) is 47.4 Å². The van der Waals surface area contributed by atoms with E-state index in [2.05, 4.69) is 19.5 Å². The molecule has 2 aromatic rings. The van der Waals surface area contributed by atoms with Crippen LogP contribution in [0.4, 0.5) is 11.5 Å². The fourth-order valence-corrected chi connectivity index (χ4v) is 3.89. The second kappa shape index (κ2) is 6.78. The third-order valence-electron chi connectivity index (χ3n) is 4.24. The van der Waals surface area contributed by atoms with E-state index in [1.165, 1.54) is 7.05 Å². The number of piperazine rings is 1. The molecule has 0 bridgehead atoms. The Morgan fingerprint density at radius 2 is 1.62 bits per heavy atom. The Hall–Kier alpha value is -2.12. The minimum atomic E-state index is -3.47. The van der Waals surface area contributed by atoms with Crippen LogP contribution < -0.4 is 14.5 Å². The van der Waals surface area contributed by atoms with Crippen molar-refractivity contribution < 1.29 is 8.42 Å². The number of para-hydroxylation sites is 1. The number of rotatable bonds is 4. The van der Waals surface area contributed by atoms with E-state index < -0.39 is 10.0 Å². The number of aryl methyl sites for hydroxylation is 1. The van der Waals surface area contributed by atoms with Gasteiger partial charge in [-0.05, 0) is 38.2 Å². The summed E-state index contributed by atoms with van der Waals surface area (Å²) in [7, 11) is -2.03. The number of nitrogens with zero attached hydrogens (tertiary/aromatic N) is 3. The van der Waals surface area contributed by atoms with Gasteiger partial charge in [0.2, 0.25) is 10.0 Å². The van der Waals surface area contributed by atoms with Crippen molar-refractivity contribution in [3.8, 4) is 0 Å². The molecule has 0 amide bonds. The minimum Gasteiger partial charge on any atom is -0.367 e. The first-order valence-corrected chi connectivity index (χ1v) is 9.46. The fraction of sp³-hybridized carbons (Fsp3) is 0.353. The predicted octanol–water partition coefficient (Wildman–Crippen LogP) is 1.62. The van der Waals surface area contributed by atoms with Crippen molar-refractivity contribution in [3.05, 3.63) is 48.2 Å². The first-order chi connectivity index (χ1) is 11.5. The smallest absolute Gasteiger partial charge is 0.242 e. The molecule has 1 fully saturated rings. The Labute approximate surface area is 143 Å². The predicted molar refractivity (Wildman–Crippen MR) is 96.1 cm³/mol. The van der Waals surface area contributed by atoms with Gasteiger partial charge in [0, 0.05) is 31.9 Å². The number of nitrogens with one attached hydrogen (secondary N) is 1. The lowest BCUT2D eigenvalue weighted by atomic mass is 10.2. The van der Waals surface area contributed by atoms with E-state index in [9.17, 15) is 8.42 Å². The second-order valence-electron chi connectivity index (χ2n) is 5.79. The number of hydrogen-bond donors (Lipinski definition) is 1. The molecule has 1 N–H and O–H groups in total. The number of pyridine rings is 1. The molecule has 0 unspecified atom stereocenters. The Balaban J connectivity index is 1.78. The molecule has 1 saturated heterocycles. The van der Waals surface area contributed by atoms with Gasteiger partial charge in [-0.15, -0.1) is 0 Å². The zero-order valence-electron chi connectivity index (χ0n) is 13.9. The molecule has 128 valence electrons. The van der Waals surface area contributed by atoms with Gasteiger partial charge >= 0.3 is 0 Å². The molecule has 6 nitrogen and oxygen atoms in total. The Kier molecular flexibility index (Phi) is 4.73. The summed E-state index contributed by atoms with van der Waals surface area (Å²) in [6.07, 6.45) is 0. The van der Waals surface area contributed by atoms with E-state index in [1.54, 1.807) is 12.1 Å². The molecule has 1 aliphatic heterocycles. The average molecular weight is 346 g/mol. The zero-order chi connectivity index (χ0) is 17.2. The molecule has 1 aromatic heterocycles. The van der Waals surface area contributed by atoms with Crippen LogP contribution in [0.3, 0.4) is 0 Å². The van der Waals surface area contributed by atoms with Crippen LogP contribution in [-0.2, 0) is 10.0 Å². The molecule has 1 aromatic carbocycles. The van der Waals surface area contributed by atoms with Crippen LogP contribution in [0.25, 0.3) is 0 Å². The highest BCUT2D eigenvalue weighted by molar-refractivity contribution is 7.89. The Bertz CT molecular complexity index is 815. The number of benzene rings is 1. The first-order valence-electron chi connectivity index (χ1n) is 7.97. The summed E-state index contributed by atoms with van der Waals surface area (Å²) in [4.78, 5) is 9.25. The molecule has 0 spiro atoms. The molecule has 0 radical (unpaired) electrons. The monoisotopic (exact) mass is 346 g/mol. The zero-order valence-corrected chi connectivity index (χ0v) is 14.8.